The molecule has 2 aromatic rings. The van der Waals surface area contributed by atoms with E-state index in [1.807, 2.05) is 28.6 Å². The van der Waals surface area contributed by atoms with Gasteiger partial charge in [-0.1, -0.05) is 13.8 Å². The van der Waals surface area contributed by atoms with Gasteiger partial charge in [-0.25, -0.2) is 15.8 Å². The predicted molar refractivity (Wildman–Crippen MR) is 79.5 cm³/mol. The van der Waals surface area contributed by atoms with Gasteiger partial charge < -0.3 is 14.7 Å². The Balaban J connectivity index is 2.05. The number of aromatic nitrogens is 3. The third kappa shape index (κ3) is 2.35. The molecule has 3 N–H and O–H groups in total. The summed E-state index contributed by atoms with van der Waals surface area (Å²) < 4.78 is 1.95. The third-order valence-corrected chi connectivity index (χ3v) is 4.45. The topological polar surface area (TPSA) is 71.5 Å². The summed E-state index contributed by atoms with van der Waals surface area (Å²) in [4.78, 5) is 11.3. The second-order valence-electron chi connectivity index (χ2n) is 4.91. The molecule has 7 heteroatoms. The van der Waals surface area contributed by atoms with Crippen LogP contribution in [0.1, 0.15) is 13.8 Å². The first-order valence-electron chi connectivity index (χ1n) is 6.38. The SMILES string of the molecule is CC1CN(c2nc(NN)cn3ccnc23)CC(C)S1. The number of anilines is 2. The summed E-state index contributed by atoms with van der Waals surface area (Å²) in [5.74, 6) is 7.05. The quantitative estimate of drug-likeness (QED) is 0.638. The molecule has 3 heterocycles. The van der Waals surface area contributed by atoms with Crippen LogP contribution in [0.25, 0.3) is 5.65 Å². The van der Waals surface area contributed by atoms with Crippen LogP contribution in [0.5, 0.6) is 0 Å². The molecule has 2 aromatic heterocycles. The molecule has 0 amide bonds. The Morgan fingerprint density at radius 3 is 2.79 bits per heavy atom. The van der Waals surface area contributed by atoms with Gasteiger partial charge in [-0.05, 0) is 0 Å². The lowest BCUT2D eigenvalue weighted by atomic mass is 10.3. The summed E-state index contributed by atoms with van der Waals surface area (Å²) in [6.45, 7) is 6.47. The normalized spacial score (nSPS) is 23.8. The van der Waals surface area contributed by atoms with E-state index in [1.54, 1.807) is 6.20 Å². The first kappa shape index (κ1) is 12.6. The number of hydrogen-bond acceptors (Lipinski definition) is 6. The zero-order valence-corrected chi connectivity index (χ0v) is 11.9. The maximum Gasteiger partial charge on any atom is 0.180 e. The summed E-state index contributed by atoms with van der Waals surface area (Å²) in [6.07, 6.45) is 5.54. The Morgan fingerprint density at radius 2 is 2.11 bits per heavy atom. The maximum atomic E-state index is 5.49. The number of fused-ring (bicyclic) bond motifs is 1. The van der Waals surface area contributed by atoms with E-state index in [0.717, 1.165) is 24.6 Å². The van der Waals surface area contributed by atoms with Crippen LogP contribution in [0.15, 0.2) is 18.6 Å². The molecule has 1 fully saturated rings. The second kappa shape index (κ2) is 4.90. The number of nitrogens with one attached hydrogen (secondary N) is 1. The number of thioether (sulfide) groups is 1. The fraction of sp³-hybridized carbons (Fsp3) is 0.500. The highest BCUT2D eigenvalue weighted by atomic mass is 32.2. The van der Waals surface area contributed by atoms with E-state index in [0.29, 0.717) is 16.3 Å². The molecule has 3 rings (SSSR count). The fourth-order valence-electron chi connectivity index (χ4n) is 2.55. The van der Waals surface area contributed by atoms with Crippen molar-refractivity contribution in [2.75, 3.05) is 23.4 Å². The Morgan fingerprint density at radius 1 is 1.37 bits per heavy atom. The lowest BCUT2D eigenvalue weighted by Crippen LogP contribution is -2.41. The number of nitrogen functional groups attached to an aromatic ring is 1. The van der Waals surface area contributed by atoms with E-state index in [4.69, 9.17) is 5.84 Å². The predicted octanol–water partition coefficient (Wildman–Crippen LogP) is 1.35. The molecule has 0 aliphatic carbocycles. The average molecular weight is 278 g/mol. The molecule has 0 radical (unpaired) electrons. The number of hydrogen-bond donors (Lipinski definition) is 2. The number of imidazole rings is 1. The van der Waals surface area contributed by atoms with Crippen molar-refractivity contribution in [1.29, 1.82) is 0 Å². The van der Waals surface area contributed by atoms with E-state index < -0.39 is 0 Å². The Bertz CT molecular complexity index is 573. The number of nitrogens with two attached hydrogens (primary N) is 1. The first-order valence-corrected chi connectivity index (χ1v) is 7.32. The summed E-state index contributed by atoms with van der Waals surface area (Å²) in [6, 6.07) is 0. The molecule has 0 saturated carbocycles. The minimum Gasteiger partial charge on any atom is -0.351 e. The third-order valence-electron chi connectivity index (χ3n) is 3.22. The van der Waals surface area contributed by atoms with Crippen molar-refractivity contribution >= 4 is 29.0 Å². The highest BCUT2D eigenvalue weighted by Gasteiger charge is 2.25. The van der Waals surface area contributed by atoms with E-state index in [2.05, 4.69) is 34.1 Å². The number of nitrogens with zero attached hydrogens (tertiary/aromatic N) is 4. The molecule has 102 valence electrons. The number of rotatable bonds is 2. The van der Waals surface area contributed by atoms with E-state index >= 15 is 0 Å². The van der Waals surface area contributed by atoms with Gasteiger partial charge in [-0.3, -0.25) is 0 Å². The van der Waals surface area contributed by atoms with Gasteiger partial charge in [0, 0.05) is 36.0 Å². The molecule has 1 saturated heterocycles. The van der Waals surface area contributed by atoms with Crippen LogP contribution in [0.4, 0.5) is 11.6 Å². The van der Waals surface area contributed by atoms with E-state index in [1.165, 1.54) is 0 Å². The van der Waals surface area contributed by atoms with Crippen LogP contribution in [-0.2, 0) is 0 Å². The standard InChI is InChI=1S/C12H18N6S/c1-8-5-18(6-9(2)19-8)12-11-14-3-4-17(11)7-10(15-12)16-13/h3-4,7-9,16H,5-6,13H2,1-2H3. The van der Waals surface area contributed by atoms with Gasteiger partial charge in [-0.2, -0.15) is 11.8 Å². The zero-order chi connectivity index (χ0) is 13.4. The zero-order valence-electron chi connectivity index (χ0n) is 11.1. The van der Waals surface area contributed by atoms with Gasteiger partial charge in [0.05, 0.1) is 6.20 Å². The van der Waals surface area contributed by atoms with Crippen molar-refractivity contribution in [1.82, 2.24) is 14.4 Å². The molecule has 0 aromatic carbocycles. The average Bonchev–Trinajstić information content (AvgIpc) is 2.84. The van der Waals surface area contributed by atoms with Crippen LogP contribution < -0.4 is 16.2 Å². The van der Waals surface area contributed by atoms with E-state index in [-0.39, 0.29) is 0 Å². The minimum absolute atomic E-state index is 0.593. The van der Waals surface area contributed by atoms with Crippen LogP contribution >= 0.6 is 11.8 Å². The fourth-order valence-corrected chi connectivity index (χ4v) is 3.87. The molecule has 19 heavy (non-hydrogen) atoms. The van der Waals surface area contributed by atoms with Crippen molar-refractivity contribution in [3.63, 3.8) is 0 Å². The Labute approximate surface area is 116 Å². The minimum atomic E-state index is 0.593. The lowest BCUT2D eigenvalue weighted by Gasteiger charge is -2.35. The largest absolute Gasteiger partial charge is 0.351 e. The lowest BCUT2D eigenvalue weighted by molar-refractivity contribution is 0.718. The van der Waals surface area contributed by atoms with E-state index in [9.17, 15) is 0 Å². The molecule has 0 bridgehead atoms. The van der Waals surface area contributed by atoms with Gasteiger partial charge in [0.2, 0.25) is 0 Å². The Hall–Kier alpha value is -1.47. The molecule has 6 nitrogen and oxygen atoms in total. The number of hydrazine groups is 1. The van der Waals surface area contributed by atoms with Crippen LogP contribution in [0, 0.1) is 0 Å². The highest BCUT2D eigenvalue weighted by Crippen LogP contribution is 2.29. The second-order valence-corrected chi connectivity index (χ2v) is 6.80. The summed E-state index contributed by atoms with van der Waals surface area (Å²) in [5.41, 5.74) is 3.50. The van der Waals surface area contributed by atoms with Gasteiger partial charge in [0.25, 0.3) is 0 Å². The van der Waals surface area contributed by atoms with Crippen molar-refractivity contribution in [3.8, 4) is 0 Å². The van der Waals surface area contributed by atoms with Crippen molar-refractivity contribution in [3.05, 3.63) is 18.6 Å². The molecule has 1 aliphatic rings. The first-order chi connectivity index (χ1) is 9.17. The molecule has 2 unspecified atom stereocenters. The molecule has 1 aliphatic heterocycles. The van der Waals surface area contributed by atoms with Crippen LogP contribution in [-0.4, -0.2) is 38.0 Å². The van der Waals surface area contributed by atoms with Gasteiger partial charge in [0.15, 0.2) is 17.3 Å². The summed E-state index contributed by atoms with van der Waals surface area (Å²) >= 11 is 2.02. The summed E-state index contributed by atoms with van der Waals surface area (Å²) in [5, 5.41) is 1.19. The van der Waals surface area contributed by atoms with Crippen molar-refractivity contribution in [2.45, 2.75) is 24.3 Å². The molecule has 2 atom stereocenters. The molecular formula is C12H18N6S. The van der Waals surface area contributed by atoms with Crippen molar-refractivity contribution < 1.29 is 0 Å². The smallest absolute Gasteiger partial charge is 0.180 e. The maximum absolute atomic E-state index is 5.49. The molecule has 0 spiro atoms. The highest BCUT2D eigenvalue weighted by molar-refractivity contribution is 8.00. The van der Waals surface area contributed by atoms with Gasteiger partial charge >= 0.3 is 0 Å². The van der Waals surface area contributed by atoms with Crippen LogP contribution in [0.2, 0.25) is 0 Å². The van der Waals surface area contributed by atoms with Crippen molar-refractivity contribution in [2.24, 2.45) is 5.84 Å². The van der Waals surface area contributed by atoms with Crippen LogP contribution in [0.3, 0.4) is 0 Å². The Kier molecular flexibility index (Phi) is 3.24. The van der Waals surface area contributed by atoms with Gasteiger partial charge in [-0.15, -0.1) is 0 Å². The summed E-state index contributed by atoms with van der Waals surface area (Å²) in [7, 11) is 0. The monoisotopic (exact) mass is 278 g/mol. The van der Waals surface area contributed by atoms with Gasteiger partial charge in [0.1, 0.15) is 0 Å². The molecular weight excluding hydrogens is 260 g/mol.